The lowest BCUT2D eigenvalue weighted by molar-refractivity contribution is 0.573. The fraction of sp³-hybridized carbons (Fsp3) is 0.556. The summed E-state index contributed by atoms with van der Waals surface area (Å²) in [6, 6.07) is 4.18. The van der Waals surface area contributed by atoms with Gasteiger partial charge in [0.15, 0.2) is 5.96 Å². The van der Waals surface area contributed by atoms with Gasteiger partial charge in [-0.1, -0.05) is 0 Å². The van der Waals surface area contributed by atoms with Gasteiger partial charge >= 0.3 is 0 Å². The van der Waals surface area contributed by atoms with Crippen LogP contribution in [-0.4, -0.2) is 45.3 Å². The van der Waals surface area contributed by atoms with Gasteiger partial charge < -0.3 is 15.5 Å². The Morgan fingerprint density at radius 3 is 2.70 bits per heavy atom. The second kappa shape index (κ2) is 11.1. The lowest BCUT2D eigenvalue weighted by Crippen LogP contribution is -2.37. The highest BCUT2D eigenvalue weighted by Crippen LogP contribution is 2.18. The number of aromatic nitrogens is 4. The summed E-state index contributed by atoms with van der Waals surface area (Å²) in [6.07, 6.45) is 7.26. The van der Waals surface area contributed by atoms with Gasteiger partial charge in [-0.3, -0.25) is 4.68 Å². The van der Waals surface area contributed by atoms with Gasteiger partial charge in [-0.2, -0.15) is 5.10 Å². The highest BCUT2D eigenvalue weighted by Gasteiger charge is 2.12. The van der Waals surface area contributed by atoms with Crippen LogP contribution in [0.4, 0.5) is 5.82 Å². The maximum Gasteiger partial charge on any atom is 0.191 e. The SMILES string of the molecule is CCNC(=NCc1ccnc(N2CCCCC2)c1)NCc1ncnn1C.I. The number of hydrogen-bond donors (Lipinski definition) is 2. The van der Waals surface area contributed by atoms with Crippen molar-refractivity contribution in [1.82, 2.24) is 30.4 Å². The average Bonchev–Trinajstić information content (AvgIpc) is 3.10. The van der Waals surface area contributed by atoms with Crippen LogP contribution in [0.2, 0.25) is 0 Å². The molecule has 0 spiro atoms. The largest absolute Gasteiger partial charge is 0.357 e. The van der Waals surface area contributed by atoms with Gasteiger partial charge in [0, 0.05) is 32.9 Å². The first kappa shape index (κ1) is 21.4. The van der Waals surface area contributed by atoms with Crippen LogP contribution in [0.3, 0.4) is 0 Å². The van der Waals surface area contributed by atoms with E-state index in [0.29, 0.717) is 13.1 Å². The molecule has 148 valence electrons. The van der Waals surface area contributed by atoms with Crippen molar-refractivity contribution < 1.29 is 0 Å². The Hall–Kier alpha value is -1.91. The molecule has 0 aliphatic carbocycles. The number of guanidine groups is 1. The Kier molecular flexibility index (Phi) is 8.76. The highest BCUT2D eigenvalue weighted by molar-refractivity contribution is 14.0. The molecule has 1 fully saturated rings. The Balaban J connectivity index is 0.00000261. The summed E-state index contributed by atoms with van der Waals surface area (Å²) >= 11 is 0. The predicted octanol–water partition coefficient (Wildman–Crippen LogP) is 2.07. The maximum absolute atomic E-state index is 4.69. The number of aryl methyl sites for hydroxylation is 1. The normalized spacial score (nSPS) is 14.6. The second-order valence-corrected chi connectivity index (χ2v) is 6.42. The maximum atomic E-state index is 4.69. The van der Waals surface area contributed by atoms with Gasteiger partial charge in [-0.15, -0.1) is 24.0 Å². The Morgan fingerprint density at radius 2 is 2.00 bits per heavy atom. The average molecular weight is 484 g/mol. The van der Waals surface area contributed by atoms with Crippen molar-refractivity contribution in [2.24, 2.45) is 12.0 Å². The zero-order valence-corrected chi connectivity index (χ0v) is 18.4. The number of anilines is 1. The number of piperidine rings is 1. The molecule has 8 nitrogen and oxygen atoms in total. The molecule has 1 aliphatic heterocycles. The summed E-state index contributed by atoms with van der Waals surface area (Å²) < 4.78 is 1.75. The zero-order valence-electron chi connectivity index (χ0n) is 16.1. The molecule has 0 saturated carbocycles. The summed E-state index contributed by atoms with van der Waals surface area (Å²) in [6.45, 7) is 6.25. The monoisotopic (exact) mass is 484 g/mol. The summed E-state index contributed by atoms with van der Waals surface area (Å²) in [5.74, 6) is 2.70. The first-order chi connectivity index (χ1) is 12.8. The first-order valence-corrected chi connectivity index (χ1v) is 9.31. The number of pyridine rings is 1. The van der Waals surface area contributed by atoms with E-state index in [0.717, 1.165) is 42.8 Å². The van der Waals surface area contributed by atoms with Crippen LogP contribution >= 0.6 is 24.0 Å². The molecule has 3 heterocycles. The quantitative estimate of drug-likeness (QED) is 0.371. The lowest BCUT2D eigenvalue weighted by atomic mass is 10.1. The second-order valence-electron chi connectivity index (χ2n) is 6.42. The minimum Gasteiger partial charge on any atom is -0.357 e. The van der Waals surface area contributed by atoms with E-state index in [1.807, 2.05) is 19.3 Å². The van der Waals surface area contributed by atoms with Crippen LogP contribution in [0.1, 0.15) is 37.6 Å². The third-order valence-electron chi connectivity index (χ3n) is 4.47. The molecule has 0 atom stereocenters. The van der Waals surface area contributed by atoms with Crippen LogP contribution in [-0.2, 0) is 20.1 Å². The predicted molar refractivity (Wildman–Crippen MR) is 118 cm³/mol. The van der Waals surface area contributed by atoms with Crippen molar-refractivity contribution in [1.29, 1.82) is 0 Å². The van der Waals surface area contributed by atoms with Gasteiger partial charge in [0.05, 0.1) is 13.1 Å². The van der Waals surface area contributed by atoms with Gasteiger partial charge in [-0.05, 0) is 43.9 Å². The van der Waals surface area contributed by atoms with Crippen LogP contribution in [0.15, 0.2) is 29.6 Å². The van der Waals surface area contributed by atoms with E-state index < -0.39 is 0 Å². The van der Waals surface area contributed by atoms with Crippen molar-refractivity contribution in [2.75, 3.05) is 24.5 Å². The number of nitrogens with zero attached hydrogens (tertiary/aromatic N) is 6. The molecule has 0 amide bonds. The first-order valence-electron chi connectivity index (χ1n) is 9.31. The summed E-state index contributed by atoms with van der Waals surface area (Å²) in [5.41, 5.74) is 1.16. The van der Waals surface area contributed by atoms with Crippen molar-refractivity contribution >= 4 is 35.8 Å². The molecule has 2 aromatic heterocycles. The van der Waals surface area contributed by atoms with Crippen LogP contribution in [0.5, 0.6) is 0 Å². The van der Waals surface area contributed by atoms with E-state index in [2.05, 4.69) is 48.6 Å². The van der Waals surface area contributed by atoms with Crippen LogP contribution < -0.4 is 15.5 Å². The van der Waals surface area contributed by atoms with Crippen molar-refractivity contribution in [3.8, 4) is 0 Å². The molecule has 1 saturated heterocycles. The number of hydrogen-bond acceptors (Lipinski definition) is 5. The van der Waals surface area contributed by atoms with Crippen molar-refractivity contribution in [3.05, 3.63) is 36.0 Å². The molecule has 0 unspecified atom stereocenters. The third kappa shape index (κ3) is 6.33. The molecule has 0 bridgehead atoms. The van der Waals surface area contributed by atoms with E-state index >= 15 is 0 Å². The Labute approximate surface area is 177 Å². The molecule has 27 heavy (non-hydrogen) atoms. The number of aliphatic imine (C=N–C) groups is 1. The number of halogens is 1. The summed E-state index contributed by atoms with van der Waals surface area (Å²) in [4.78, 5) is 15.8. The minimum atomic E-state index is 0. The third-order valence-corrected chi connectivity index (χ3v) is 4.47. The molecule has 0 radical (unpaired) electrons. The van der Waals surface area contributed by atoms with Gasteiger partial charge in [0.1, 0.15) is 18.0 Å². The Bertz CT molecular complexity index is 724. The van der Waals surface area contributed by atoms with Gasteiger partial charge in [0.2, 0.25) is 0 Å². The molecule has 9 heteroatoms. The van der Waals surface area contributed by atoms with E-state index in [-0.39, 0.29) is 24.0 Å². The standard InChI is InChI=1S/C18H28N8.HI/c1-3-19-18(22-13-17-23-14-24-25(17)2)21-12-15-7-8-20-16(11-15)26-9-5-4-6-10-26;/h7-8,11,14H,3-6,9-10,12-13H2,1-2H3,(H2,19,21,22);1H. The van der Waals surface area contributed by atoms with Crippen LogP contribution in [0, 0.1) is 0 Å². The molecular weight excluding hydrogens is 455 g/mol. The van der Waals surface area contributed by atoms with E-state index in [9.17, 15) is 0 Å². The molecule has 0 aromatic carbocycles. The number of nitrogens with one attached hydrogen (secondary N) is 2. The Morgan fingerprint density at radius 1 is 1.19 bits per heavy atom. The fourth-order valence-electron chi connectivity index (χ4n) is 3.01. The molecule has 2 aromatic rings. The molecule has 3 rings (SSSR count). The van der Waals surface area contributed by atoms with Crippen molar-refractivity contribution in [3.63, 3.8) is 0 Å². The number of rotatable bonds is 6. The molecule has 1 aliphatic rings. The highest BCUT2D eigenvalue weighted by atomic mass is 127. The van der Waals surface area contributed by atoms with E-state index in [4.69, 9.17) is 0 Å². The molecular formula is C18H29IN8. The van der Waals surface area contributed by atoms with Crippen LogP contribution in [0.25, 0.3) is 0 Å². The van der Waals surface area contributed by atoms with Crippen molar-refractivity contribution in [2.45, 2.75) is 39.3 Å². The summed E-state index contributed by atoms with van der Waals surface area (Å²) in [7, 11) is 1.88. The fourth-order valence-corrected chi connectivity index (χ4v) is 3.01. The zero-order chi connectivity index (χ0) is 18.2. The smallest absolute Gasteiger partial charge is 0.191 e. The molecule has 2 N–H and O–H groups in total. The van der Waals surface area contributed by atoms with Gasteiger partial charge in [-0.25, -0.2) is 15.0 Å². The lowest BCUT2D eigenvalue weighted by Gasteiger charge is -2.27. The van der Waals surface area contributed by atoms with E-state index in [1.165, 1.54) is 19.3 Å². The van der Waals surface area contributed by atoms with Gasteiger partial charge in [0.25, 0.3) is 0 Å². The topological polar surface area (TPSA) is 83.3 Å². The summed E-state index contributed by atoms with van der Waals surface area (Å²) in [5, 5.41) is 10.7. The minimum absolute atomic E-state index is 0. The van der Waals surface area contributed by atoms with E-state index in [1.54, 1.807) is 11.0 Å².